The topological polar surface area (TPSA) is 71.0 Å². The summed E-state index contributed by atoms with van der Waals surface area (Å²) in [6, 6.07) is 6.96. The van der Waals surface area contributed by atoms with Gasteiger partial charge < -0.3 is 24.8 Å². The Morgan fingerprint density at radius 2 is 2.45 bits per heavy atom. The minimum atomic E-state index is -0.306. The van der Waals surface area contributed by atoms with E-state index in [2.05, 4.69) is 5.32 Å². The highest BCUT2D eigenvalue weighted by atomic mass is 35.5. The Balaban J connectivity index is 1.75. The van der Waals surface area contributed by atoms with Gasteiger partial charge in [-0.1, -0.05) is 17.7 Å². The number of carbonyl (C=O) groups excluding carboxylic acids is 1. The van der Waals surface area contributed by atoms with Crippen LogP contribution in [0.3, 0.4) is 0 Å². The highest BCUT2D eigenvalue weighted by molar-refractivity contribution is 6.30. The molecule has 1 saturated heterocycles. The Bertz CT molecular complexity index is 500. The van der Waals surface area contributed by atoms with E-state index < -0.39 is 0 Å². The van der Waals surface area contributed by atoms with E-state index in [1.54, 1.807) is 17.0 Å². The summed E-state index contributed by atoms with van der Waals surface area (Å²) in [6.07, 6.45) is -0.489. The minimum absolute atomic E-state index is 0.0853. The number of aliphatic hydroxyl groups is 1. The number of carbonyl (C=O) groups is 1. The zero-order valence-corrected chi connectivity index (χ0v) is 13.3. The monoisotopic (exact) mass is 328 g/mol. The van der Waals surface area contributed by atoms with Gasteiger partial charge >= 0.3 is 6.03 Å². The van der Waals surface area contributed by atoms with Gasteiger partial charge in [0.1, 0.15) is 11.9 Å². The van der Waals surface area contributed by atoms with Crippen LogP contribution in [0.1, 0.15) is 6.92 Å². The quantitative estimate of drug-likeness (QED) is 0.859. The predicted octanol–water partition coefficient (Wildman–Crippen LogP) is 1.51. The molecule has 0 saturated carbocycles. The van der Waals surface area contributed by atoms with Crippen LogP contribution in [-0.2, 0) is 4.74 Å². The molecule has 1 aromatic carbocycles. The van der Waals surface area contributed by atoms with Crippen molar-refractivity contribution < 1.29 is 19.4 Å². The molecule has 0 radical (unpaired) electrons. The van der Waals surface area contributed by atoms with Gasteiger partial charge in [0, 0.05) is 11.6 Å². The van der Waals surface area contributed by atoms with Crippen molar-refractivity contribution in [1.29, 1.82) is 0 Å². The van der Waals surface area contributed by atoms with Crippen LogP contribution in [0, 0.1) is 0 Å². The Morgan fingerprint density at radius 3 is 3.18 bits per heavy atom. The smallest absolute Gasteiger partial charge is 0.317 e. The van der Waals surface area contributed by atoms with E-state index >= 15 is 0 Å². The van der Waals surface area contributed by atoms with E-state index in [0.717, 1.165) is 0 Å². The normalized spacial score (nSPS) is 19.6. The van der Waals surface area contributed by atoms with Crippen molar-refractivity contribution in [2.75, 3.05) is 32.8 Å². The number of halogens is 1. The lowest BCUT2D eigenvalue weighted by atomic mass is 10.3. The number of amides is 2. The number of benzene rings is 1. The highest BCUT2D eigenvalue weighted by Crippen LogP contribution is 2.18. The standard InChI is InChI=1S/C15H21ClN2O4/c1-11(22-13-4-2-3-12(16)7-13)8-17-15(20)18-5-6-21-14(9-18)10-19/h2-4,7,11,14,19H,5-6,8-10H2,1H3,(H,17,20). The van der Waals surface area contributed by atoms with Crippen molar-refractivity contribution >= 4 is 17.6 Å². The first kappa shape index (κ1) is 16.9. The molecule has 1 aliphatic rings. The van der Waals surface area contributed by atoms with E-state index in [1.165, 1.54) is 0 Å². The van der Waals surface area contributed by atoms with E-state index in [9.17, 15) is 4.79 Å². The molecular weight excluding hydrogens is 308 g/mol. The van der Waals surface area contributed by atoms with Crippen molar-refractivity contribution in [2.45, 2.75) is 19.1 Å². The summed E-state index contributed by atoms with van der Waals surface area (Å²) >= 11 is 5.90. The van der Waals surface area contributed by atoms with Crippen molar-refractivity contribution in [3.63, 3.8) is 0 Å². The number of rotatable bonds is 5. The molecule has 6 nitrogen and oxygen atoms in total. The van der Waals surface area contributed by atoms with Gasteiger partial charge in [0.25, 0.3) is 0 Å². The van der Waals surface area contributed by atoms with Gasteiger partial charge in [-0.25, -0.2) is 4.79 Å². The summed E-state index contributed by atoms with van der Waals surface area (Å²) < 4.78 is 11.0. The van der Waals surface area contributed by atoms with Gasteiger partial charge in [-0.05, 0) is 25.1 Å². The zero-order chi connectivity index (χ0) is 15.9. The van der Waals surface area contributed by atoms with Crippen molar-refractivity contribution in [3.05, 3.63) is 29.3 Å². The Labute approximate surface area is 135 Å². The lowest BCUT2D eigenvalue weighted by Crippen LogP contribution is -2.51. The molecular formula is C15H21ClN2O4. The average molecular weight is 329 g/mol. The van der Waals surface area contributed by atoms with Crippen LogP contribution in [0.5, 0.6) is 5.75 Å². The molecule has 1 fully saturated rings. The molecule has 2 atom stereocenters. The molecule has 22 heavy (non-hydrogen) atoms. The van der Waals surface area contributed by atoms with E-state index in [0.29, 0.717) is 37.0 Å². The Morgan fingerprint density at radius 1 is 1.64 bits per heavy atom. The molecule has 0 spiro atoms. The van der Waals surface area contributed by atoms with Crippen molar-refractivity contribution in [1.82, 2.24) is 10.2 Å². The number of aliphatic hydroxyl groups excluding tert-OH is 1. The summed E-state index contributed by atoms with van der Waals surface area (Å²) in [7, 11) is 0. The van der Waals surface area contributed by atoms with Crippen molar-refractivity contribution in [2.24, 2.45) is 0 Å². The highest BCUT2D eigenvalue weighted by Gasteiger charge is 2.23. The first-order valence-corrected chi connectivity index (χ1v) is 7.63. The SMILES string of the molecule is CC(CNC(=O)N1CCOC(CO)C1)Oc1cccc(Cl)c1. The molecule has 1 aromatic rings. The van der Waals surface area contributed by atoms with Crippen molar-refractivity contribution in [3.8, 4) is 5.75 Å². The van der Waals surface area contributed by atoms with Crippen LogP contribution >= 0.6 is 11.6 Å². The predicted molar refractivity (Wildman–Crippen MR) is 83.3 cm³/mol. The van der Waals surface area contributed by atoms with Gasteiger partial charge in [-0.15, -0.1) is 0 Å². The third-order valence-corrected chi connectivity index (χ3v) is 3.54. The molecule has 2 amide bonds. The number of morpholine rings is 1. The molecule has 0 aromatic heterocycles. The fraction of sp³-hybridized carbons (Fsp3) is 0.533. The number of ether oxygens (including phenoxy) is 2. The van der Waals surface area contributed by atoms with Crippen LogP contribution in [-0.4, -0.2) is 61.1 Å². The number of hydrogen-bond acceptors (Lipinski definition) is 4. The second kappa shape index (κ2) is 8.22. The van der Waals surface area contributed by atoms with E-state index in [4.69, 9.17) is 26.2 Å². The van der Waals surface area contributed by atoms with Gasteiger partial charge in [0.2, 0.25) is 0 Å². The van der Waals surface area contributed by atoms with Crippen LogP contribution in [0.2, 0.25) is 5.02 Å². The maximum Gasteiger partial charge on any atom is 0.317 e. The molecule has 0 aliphatic carbocycles. The first-order chi connectivity index (χ1) is 10.6. The first-order valence-electron chi connectivity index (χ1n) is 7.26. The number of nitrogens with zero attached hydrogens (tertiary/aromatic N) is 1. The summed E-state index contributed by atoms with van der Waals surface area (Å²) in [4.78, 5) is 13.7. The average Bonchev–Trinajstić information content (AvgIpc) is 2.52. The van der Waals surface area contributed by atoms with Crippen LogP contribution in [0.4, 0.5) is 4.79 Å². The lowest BCUT2D eigenvalue weighted by molar-refractivity contribution is -0.0404. The fourth-order valence-electron chi connectivity index (χ4n) is 2.17. The summed E-state index contributed by atoms with van der Waals surface area (Å²) in [6.45, 7) is 3.52. The van der Waals surface area contributed by atoms with Gasteiger partial charge in [0.05, 0.1) is 32.4 Å². The Hall–Kier alpha value is -1.50. The Kier molecular flexibility index (Phi) is 6.30. The molecule has 1 aliphatic heterocycles. The molecule has 2 unspecified atom stereocenters. The molecule has 2 N–H and O–H groups in total. The third kappa shape index (κ3) is 5.05. The largest absolute Gasteiger partial charge is 0.489 e. The van der Waals surface area contributed by atoms with E-state index in [1.807, 2.05) is 19.1 Å². The number of urea groups is 1. The number of hydrogen-bond donors (Lipinski definition) is 2. The molecule has 1 heterocycles. The zero-order valence-electron chi connectivity index (χ0n) is 12.5. The number of nitrogens with one attached hydrogen (secondary N) is 1. The van der Waals surface area contributed by atoms with Gasteiger partial charge in [-0.2, -0.15) is 0 Å². The van der Waals surface area contributed by atoms with Crippen LogP contribution in [0.25, 0.3) is 0 Å². The lowest BCUT2D eigenvalue weighted by Gasteiger charge is -2.32. The second-order valence-electron chi connectivity index (χ2n) is 5.19. The van der Waals surface area contributed by atoms with E-state index in [-0.39, 0.29) is 24.8 Å². The molecule has 122 valence electrons. The summed E-state index contributed by atoms with van der Waals surface area (Å²) in [5.74, 6) is 0.668. The second-order valence-corrected chi connectivity index (χ2v) is 5.63. The summed E-state index contributed by atoms with van der Waals surface area (Å²) in [5.41, 5.74) is 0. The van der Waals surface area contributed by atoms with Crippen LogP contribution < -0.4 is 10.1 Å². The summed E-state index contributed by atoms with van der Waals surface area (Å²) in [5, 5.41) is 12.5. The molecule has 0 bridgehead atoms. The van der Waals surface area contributed by atoms with Gasteiger partial charge in [0.15, 0.2) is 0 Å². The molecule has 7 heteroatoms. The maximum atomic E-state index is 12.1. The van der Waals surface area contributed by atoms with Crippen LogP contribution in [0.15, 0.2) is 24.3 Å². The fourth-order valence-corrected chi connectivity index (χ4v) is 2.35. The molecule has 2 rings (SSSR count). The third-order valence-electron chi connectivity index (χ3n) is 3.30. The minimum Gasteiger partial charge on any atom is -0.489 e. The van der Waals surface area contributed by atoms with Gasteiger partial charge in [-0.3, -0.25) is 0 Å². The maximum absolute atomic E-state index is 12.1.